The SMILES string of the molecule is Cc1cnc(Nc2ccc3c(N4CCN(C)CC4)n[nH]c3c2)nc1Nc1ccccc1CNS(=O)O. The highest BCUT2D eigenvalue weighted by Crippen LogP contribution is 2.29. The van der Waals surface area contributed by atoms with Gasteiger partial charge < -0.3 is 20.4 Å². The molecule has 2 aromatic heterocycles. The minimum atomic E-state index is -2.09. The van der Waals surface area contributed by atoms with Gasteiger partial charge in [-0.05, 0) is 43.8 Å². The van der Waals surface area contributed by atoms with Gasteiger partial charge in [0, 0.05) is 61.2 Å². The van der Waals surface area contributed by atoms with Crippen LogP contribution in [-0.2, 0) is 17.8 Å². The smallest absolute Gasteiger partial charge is 0.232 e. The first-order chi connectivity index (χ1) is 17.5. The topological polar surface area (TPSA) is 134 Å². The van der Waals surface area contributed by atoms with E-state index in [1.54, 1.807) is 6.20 Å². The van der Waals surface area contributed by atoms with Crippen LogP contribution < -0.4 is 20.3 Å². The summed E-state index contributed by atoms with van der Waals surface area (Å²) < 4.78 is 22.6. The van der Waals surface area contributed by atoms with Crippen molar-refractivity contribution in [2.75, 3.05) is 48.8 Å². The summed E-state index contributed by atoms with van der Waals surface area (Å²) >= 11 is -2.09. The van der Waals surface area contributed by atoms with E-state index in [4.69, 9.17) is 4.55 Å². The number of anilines is 5. The molecule has 5 N–H and O–H groups in total. The van der Waals surface area contributed by atoms with Gasteiger partial charge >= 0.3 is 0 Å². The Hall–Kier alpha value is -3.58. The molecule has 188 valence electrons. The quantitative estimate of drug-likeness (QED) is 0.228. The van der Waals surface area contributed by atoms with Gasteiger partial charge in [0.2, 0.25) is 17.2 Å². The molecule has 0 saturated carbocycles. The van der Waals surface area contributed by atoms with Crippen molar-refractivity contribution in [3.63, 3.8) is 0 Å². The third-order valence-electron chi connectivity index (χ3n) is 6.23. The van der Waals surface area contributed by atoms with Crippen molar-refractivity contribution >= 4 is 51.1 Å². The summed E-state index contributed by atoms with van der Waals surface area (Å²) in [7, 11) is 2.14. The first-order valence-electron chi connectivity index (χ1n) is 11.7. The maximum Gasteiger partial charge on any atom is 0.232 e. The van der Waals surface area contributed by atoms with E-state index in [0.29, 0.717) is 11.8 Å². The fraction of sp³-hybridized carbons (Fsp3) is 0.292. The molecule has 0 amide bonds. The van der Waals surface area contributed by atoms with Crippen LogP contribution in [0, 0.1) is 6.92 Å². The molecule has 11 nitrogen and oxygen atoms in total. The molecule has 1 aliphatic heterocycles. The highest BCUT2D eigenvalue weighted by atomic mass is 32.2. The molecule has 0 radical (unpaired) electrons. The third-order valence-corrected chi connectivity index (χ3v) is 6.62. The van der Waals surface area contributed by atoms with Gasteiger partial charge in [-0.3, -0.25) is 9.65 Å². The Morgan fingerprint density at radius 1 is 1.11 bits per heavy atom. The molecular formula is C24H29N9O2S. The van der Waals surface area contributed by atoms with Gasteiger partial charge in [-0.1, -0.05) is 18.2 Å². The number of para-hydroxylation sites is 1. The Labute approximate surface area is 211 Å². The maximum absolute atomic E-state index is 11.0. The average Bonchev–Trinajstić information content (AvgIpc) is 3.29. The molecule has 5 rings (SSSR count). The van der Waals surface area contributed by atoms with Gasteiger partial charge in [-0.2, -0.15) is 10.1 Å². The maximum atomic E-state index is 11.0. The standard InChI is InChI=1S/C24H29N9O2S/c1-16-14-25-24(29-22(16)28-20-6-4-3-5-17(20)15-26-36(34)35)27-18-7-8-19-21(13-18)30-31-23(19)33-11-9-32(2)10-12-33/h3-8,13-14,26H,9-12,15H2,1-2H3,(H,30,31)(H,34,35)(H2,25,27,28,29). The lowest BCUT2D eigenvalue weighted by atomic mass is 10.1. The van der Waals surface area contributed by atoms with Gasteiger partial charge in [-0.15, -0.1) is 0 Å². The van der Waals surface area contributed by atoms with Crippen molar-refractivity contribution in [3.05, 3.63) is 59.8 Å². The molecule has 1 atom stereocenters. The number of aromatic nitrogens is 4. The molecule has 0 aliphatic carbocycles. The molecule has 1 unspecified atom stereocenters. The zero-order valence-electron chi connectivity index (χ0n) is 20.2. The first kappa shape index (κ1) is 24.1. The fourth-order valence-electron chi connectivity index (χ4n) is 4.16. The molecule has 3 heterocycles. The first-order valence-corrected chi connectivity index (χ1v) is 12.8. The van der Waals surface area contributed by atoms with E-state index in [0.717, 1.165) is 65.4 Å². The number of hydrogen-bond donors (Lipinski definition) is 5. The number of hydrogen-bond acceptors (Lipinski definition) is 8. The minimum absolute atomic E-state index is 0.238. The van der Waals surface area contributed by atoms with E-state index in [2.05, 4.69) is 58.4 Å². The predicted octanol–water partition coefficient (Wildman–Crippen LogP) is 3.13. The molecule has 1 fully saturated rings. The van der Waals surface area contributed by atoms with Crippen LogP contribution in [0.3, 0.4) is 0 Å². The van der Waals surface area contributed by atoms with Crippen molar-refractivity contribution in [1.82, 2.24) is 29.8 Å². The summed E-state index contributed by atoms with van der Waals surface area (Å²) in [6.45, 7) is 6.13. The van der Waals surface area contributed by atoms with E-state index >= 15 is 0 Å². The number of aromatic amines is 1. The lowest BCUT2D eigenvalue weighted by Gasteiger charge is -2.32. The number of nitrogens with zero attached hydrogens (tertiary/aromatic N) is 5. The number of H-pyrrole nitrogens is 1. The van der Waals surface area contributed by atoms with Gasteiger partial charge in [0.25, 0.3) is 0 Å². The second-order valence-electron chi connectivity index (χ2n) is 8.80. The van der Waals surface area contributed by atoms with Crippen LogP contribution in [0.5, 0.6) is 0 Å². The predicted molar refractivity (Wildman–Crippen MR) is 143 cm³/mol. The molecular weight excluding hydrogens is 478 g/mol. The van der Waals surface area contributed by atoms with Crippen molar-refractivity contribution in [3.8, 4) is 0 Å². The van der Waals surface area contributed by atoms with E-state index in [9.17, 15) is 4.21 Å². The highest BCUT2D eigenvalue weighted by molar-refractivity contribution is 7.77. The third kappa shape index (κ3) is 5.46. The summed E-state index contributed by atoms with van der Waals surface area (Å²) in [6, 6.07) is 13.6. The normalized spacial score (nSPS) is 15.2. The van der Waals surface area contributed by atoms with Crippen molar-refractivity contribution in [2.24, 2.45) is 0 Å². The Morgan fingerprint density at radius 3 is 2.72 bits per heavy atom. The molecule has 1 saturated heterocycles. The van der Waals surface area contributed by atoms with Crippen molar-refractivity contribution in [1.29, 1.82) is 0 Å². The van der Waals surface area contributed by atoms with E-state index in [-0.39, 0.29) is 6.54 Å². The molecule has 0 spiro atoms. The largest absolute Gasteiger partial charge is 0.352 e. The number of likely N-dealkylation sites (N-methyl/N-ethyl adjacent to an activating group) is 1. The Bertz CT molecular complexity index is 1390. The molecule has 0 bridgehead atoms. The Kier molecular flexibility index (Phi) is 7.09. The van der Waals surface area contributed by atoms with Crippen molar-refractivity contribution in [2.45, 2.75) is 13.5 Å². The number of rotatable bonds is 8. The average molecular weight is 508 g/mol. The summed E-state index contributed by atoms with van der Waals surface area (Å²) in [5.41, 5.74) is 4.30. The van der Waals surface area contributed by atoms with Crippen LogP contribution in [-0.4, -0.2) is 67.1 Å². The van der Waals surface area contributed by atoms with Gasteiger partial charge in [0.05, 0.1) is 5.52 Å². The lowest BCUT2D eigenvalue weighted by Crippen LogP contribution is -2.44. The van der Waals surface area contributed by atoms with Gasteiger partial charge in [-0.25, -0.2) is 13.9 Å². The van der Waals surface area contributed by atoms with Crippen LogP contribution >= 0.6 is 0 Å². The minimum Gasteiger partial charge on any atom is -0.352 e. The van der Waals surface area contributed by atoms with Gasteiger partial charge in [0.15, 0.2) is 5.82 Å². The summed E-state index contributed by atoms with van der Waals surface area (Å²) in [5, 5.41) is 15.4. The summed E-state index contributed by atoms with van der Waals surface area (Å²) in [6.07, 6.45) is 1.75. The second kappa shape index (κ2) is 10.6. The van der Waals surface area contributed by atoms with Gasteiger partial charge in [0.1, 0.15) is 5.82 Å². The zero-order chi connectivity index (χ0) is 25.1. The number of piperazine rings is 1. The second-order valence-corrected chi connectivity index (χ2v) is 9.59. The molecule has 2 aromatic carbocycles. The Balaban J connectivity index is 1.33. The molecule has 1 aliphatic rings. The van der Waals surface area contributed by atoms with Crippen molar-refractivity contribution < 1.29 is 8.76 Å². The Morgan fingerprint density at radius 2 is 1.92 bits per heavy atom. The molecule has 4 aromatic rings. The number of benzene rings is 2. The highest BCUT2D eigenvalue weighted by Gasteiger charge is 2.19. The fourth-order valence-corrected chi connectivity index (χ4v) is 4.44. The van der Waals surface area contributed by atoms with E-state index < -0.39 is 11.3 Å². The van der Waals surface area contributed by atoms with Crippen LogP contribution in [0.1, 0.15) is 11.1 Å². The van der Waals surface area contributed by atoms with Crippen LogP contribution in [0.25, 0.3) is 10.9 Å². The molecule has 12 heteroatoms. The zero-order valence-corrected chi connectivity index (χ0v) is 21.0. The molecule has 36 heavy (non-hydrogen) atoms. The lowest BCUT2D eigenvalue weighted by molar-refractivity contribution is 0.312. The van der Waals surface area contributed by atoms with Crippen LogP contribution in [0.15, 0.2) is 48.7 Å². The van der Waals surface area contributed by atoms with E-state index in [1.165, 1.54) is 0 Å². The van der Waals surface area contributed by atoms with Crippen LogP contribution in [0.4, 0.5) is 29.0 Å². The monoisotopic (exact) mass is 507 g/mol. The number of nitrogens with one attached hydrogen (secondary N) is 4. The summed E-state index contributed by atoms with van der Waals surface area (Å²) in [5.74, 6) is 2.08. The summed E-state index contributed by atoms with van der Waals surface area (Å²) in [4.78, 5) is 13.7. The number of fused-ring (bicyclic) bond motifs is 1. The van der Waals surface area contributed by atoms with E-state index in [1.807, 2.05) is 43.3 Å². The van der Waals surface area contributed by atoms with Crippen LogP contribution in [0.2, 0.25) is 0 Å². The number of aryl methyl sites for hydroxylation is 1.